The molecule has 0 fully saturated rings. The van der Waals surface area contributed by atoms with Gasteiger partial charge in [0.2, 0.25) is 5.88 Å². The van der Waals surface area contributed by atoms with E-state index >= 15 is 0 Å². The summed E-state index contributed by atoms with van der Waals surface area (Å²) < 4.78 is 16.8. The van der Waals surface area contributed by atoms with Gasteiger partial charge in [0.1, 0.15) is 11.5 Å². The molecule has 1 aromatic heterocycles. The molecule has 2 aromatic rings. The number of ether oxygens (including phenoxy) is 3. The number of rotatable bonds is 11. The maximum Gasteiger partial charge on any atom is 0.224 e. The standard InChI is InChI=1S/C22H32N4O3/c1-5-14-28-19-9-11-20(12-10-19)29-21-18(8-7-13-24-21)15-25-22(23-6-2)26-17(3)16-27-4/h7-13,17H,5-6,14-16H2,1-4H3,(H2,23,25,26). The minimum absolute atomic E-state index is 0.149. The Balaban J connectivity index is 2.06. The van der Waals surface area contributed by atoms with Crippen molar-refractivity contribution in [3.8, 4) is 17.4 Å². The van der Waals surface area contributed by atoms with Crippen LogP contribution in [0.2, 0.25) is 0 Å². The number of nitrogens with one attached hydrogen (secondary N) is 2. The van der Waals surface area contributed by atoms with Crippen molar-refractivity contribution in [2.24, 2.45) is 4.99 Å². The Labute approximate surface area is 173 Å². The average molecular weight is 401 g/mol. The average Bonchev–Trinajstić information content (AvgIpc) is 2.73. The lowest BCUT2D eigenvalue weighted by Gasteiger charge is -2.17. The highest BCUT2D eigenvalue weighted by Crippen LogP contribution is 2.25. The molecular weight excluding hydrogens is 368 g/mol. The zero-order valence-corrected chi connectivity index (χ0v) is 17.8. The Morgan fingerprint density at radius 2 is 1.90 bits per heavy atom. The first-order chi connectivity index (χ1) is 14.2. The Hall–Kier alpha value is -2.80. The zero-order chi connectivity index (χ0) is 20.9. The molecule has 1 unspecified atom stereocenters. The number of aliphatic imine (C=N–C) groups is 1. The molecular formula is C22H32N4O3. The highest BCUT2D eigenvalue weighted by molar-refractivity contribution is 5.80. The van der Waals surface area contributed by atoms with Gasteiger partial charge in [-0.3, -0.25) is 0 Å². The van der Waals surface area contributed by atoms with E-state index in [0.29, 0.717) is 31.4 Å². The summed E-state index contributed by atoms with van der Waals surface area (Å²) >= 11 is 0. The SMILES string of the molecule is CCCOc1ccc(Oc2ncccc2CN=C(NCC)NC(C)COC)cc1. The van der Waals surface area contributed by atoms with E-state index in [9.17, 15) is 0 Å². The van der Waals surface area contributed by atoms with E-state index < -0.39 is 0 Å². The highest BCUT2D eigenvalue weighted by Gasteiger charge is 2.08. The second-order valence-corrected chi connectivity index (χ2v) is 6.59. The first-order valence-corrected chi connectivity index (χ1v) is 10.0. The van der Waals surface area contributed by atoms with E-state index in [1.54, 1.807) is 13.3 Å². The van der Waals surface area contributed by atoms with Crippen molar-refractivity contribution < 1.29 is 14.2 Å². The first-order valence-electron chi connectivity index (χ1n) is 10.0. The summed E-state index contributed by atoms with van der Waals surface area (Å²) in [5, 5.41) is 6.56. The van der Waals surface area contributed by atoms with Crippen LogP contribution in [-0.2, 0) is 11.3 Å². The quantitative estimate of drug-likeness (QED) is 0.442. The van der Waals surface area contributed by atoms with E-state index in [1.165, 1.54) is 0 Å². The van der Waals surface area contributed by atoms with Gasteiger partial charge in [0.05, 0.1) is 19.8 Å². The van der Waals surface area contributed by atoms with Gasteiger partial charge in [-0.2, -0.15) is 0 Å². The number of guanidine groups is 1. The molecule has 2 N–H and O–H groups in total. The van der Waals surface area contributed by atoms with Gasteiger partial charge >= 0.3 is 0 Å². The van der Waals surface area contributed by atoms with Crippen LogP contribution in [0.3, 0.4) is 0 Å². The third-order valence-electron chi connectivity index (χ3n) is 3.91. The topological polar surface area (TPSA) is 77.0 Å². The van der Waals surface area contributed by atoms with Crippen LogP contribution in [0, 0.1) is 0 Å². The van der Waals surface area contributed by atoms with Crippen molar-refractivity contribution in [1.82, 2.24) is 15.6 Å². The number of nitrogens with zero attached hydrogens (tertiary/aromatic N) is 2. The van der Waals surface area contributed by atoms with Crippen molar-refractivity contribution >= 4 is 5.96 Å². The lowest BCUT2D eigenvalue weighted by atomic mass is 10.2. The predicted molar refractivity (Wildman–Crippen MR) is 116 cm³/mol. The number of pyridine rings is 1. The molecule has 0 spiro atoms. The number of hydrogen-bond acceptors (Lipinski definition) is 5. The van der Waals surface area contributed by atoms with Gasteiger partial charge in [0, 0.05) is 31.5 Å². The van der Waals surface area contributed by atoms with Crippen LogP contribution >= 0.6 is 0 Å². The summed E-state index contributed by atoms with van der Waals surface area (Å²) in [4.78, 5) is 9.03. The fraction of sp³-hybridized carbons (Fsp3) is 0.455. The monoisotopic (exact) mass is 400 g/mol. The van der Waals surface area contributed by atoms with Crippen molar-refractivity contribution in [1.29, 1.82) is 0 Å². The number of benzene rings is 1. The summed E-state index contributed by atoms with van der Waals surface area (Å²) in [5.41, 5.74) is 0.899. The molecule has 2 rings (SSSR count). The summed E-state index contributed by atoms with van der Waals surface area (Å²) in [6.45, 7) is 8.67. The van der Waals surface area contributed by atoms with E-state index in [-0.39, 0.29) is 6.04 Å². The zero-order valence-electron chi connectivity index (χ0n) is 17.8. The number of aromatic nitrogens is 1. The fourth-order valence-electron chi connectivity index (χ4n) is 2.58. The third kappa shape index (κ3) is 7.99. The van der Waals surface area contributed by atoms with E-state index in [4.69, 9.17) is 14.2 Å². The van der Waals surface area contributed by atoms with Crippen molar-refractivity contribution in [2.75, 3.05) is 26.9 Å². The Morgan fingerprint density at radius 1 is 1.14 bits per heavy atom. The van der Waals surface area contributed by atoms with Crippen LogP contribution in [0.25, 0.3) is 0 Å². The minimum Gasteiger partial charge on any atom is -0.494 e. The van der Waals surface area contributed by atoms with E-state index in [2.05, 4.69) is 27.5 Å². The molecule has 0 bridgehead atoms. The summed E-state index contributed by atoms with van der Waals surface area (Å²) in [6, 6.07) is 11.6. The van der Waals surface area contributed by atoms with Gasteiger partial charge in [0.25, 0.3) is 0 Å². The second kappa shape index (κ2) is 12.6. The van der Waals surface area contributed by atoms with Crippen LogP contribution in [0.15, 0.2) is 47.6 Å². The fourth-order valence-corrected chi connectivity index (χ4v) is 2.58. The molecule has 1 aromatic carbocycles. The Morgan fingerprint density at radius 3 is 2.59 bits per heavy atom. The van der Waals surface area contributed by atoms with E-state index in [1.807, 2.05) is 50.2 Å². The smallest absolute Gasteiger partial charge is 0.224 e. The predicted octanol–water partition coefficient (Wildman–Crippen LogP) is 3.75. The summed E-state index contributed by atoms with van der Waals surface area (Å²) in [6.07, 6.45) is 2.69. The molecule has 7 heteroatoms. The molecule has 0 aliphatic heterocycles. The lowest BCUT2D eigenvalue weighted by molar-refractivity contribution is 0.179. The lowest BCUT2D eigenvalue weighted by Crippen LogP contribution is -2.43. The Bertz CT molecular complexity index is 750. The minimum atomic E-state index is 0.149. The molecule has 0 amide bonds. The van der Waals surface area contributed by atoms with Gasteiger partial charge in [-0.25, -0.2) is 9.98 Å². The molecule has 29 heavy (non-hydrogen) atoms. The van der Waals surface area contributed by atoms with Crippen LogP contribution in [0.1, 0.15) is 32.8 Å². The molecule has 0 saturated heterocycles. The third-order valence-corrected chi connectivity index (χ3v) is 3.91. The van der Waals surface area contributed by atoms with E-state index in [0.717, 1.165) is 30.2 Å². The van der Waals surface area contributed by atoms with Crippen LogP contribution in [-0.4, -0.2) is 43.9 Å². The molecule has 0 aliphatic carbocycles. The van der Waals surface area contributed by atoms with Crippen molar-refractivity contribution in [3.63, 3.8) is 0 Å². The van der Waals surface area contributed by atoms with Gasteiger partial charge < -0.3 is 24.8 Å². The number of hydrogen-bond donors (Lipinski definition) is 2. The van der Waals surface area contributed by atoms with Crippen molar-refractivity contribution in [2.45, 2.75) is 39.8 Å². The molecule has 0 radical (unpaired) electrons. The van der Waals surface area contributed by atoms with Gasteiger partial charge in [-0.05, 0) is 50.6 Å². The Kier molecular flexibility index (Phi) is 9.78. The molecule has 0 saturated carbocycles. The van der Waals surface area contributed by atoms with Gasteiger partial charge in [0.15, 0.2) is 5.96 Å². The van der Waals surface area contributed by atoms with Crippen LogP contribution < -0.4 is 20.1 Å². The second-order valence-electron chi connectivity index (χ2n) is 6.59. The maximum atomic E-state index is 5.98. The largest absolute Gasteiger partial charge is 0.494 e. The van der Waals surface area contributed by atoms with Gasteiger partial charge in [-0.1, -0.05) is 13.0 Å². The molecule has 158 valence electrons. The van der Waals surface area contributed by atoms with Crippen LogP contribution in [0.4, 0.5) is 0 Å². The molecule has 7 nitrogen and oxygen atoms in total. The summed E-state index contributed by atoms with van der Waals surface area (Å²) in [7, 11) is 1.68. The number of methoxy groups -OCH3 is 1. The highest BCUT2D eigenvalue weighted by atomic mass is 16.5. The normalized spacial score (nSPS) is 12.3. The van der Waals surface area contributed by atoms with Crippen molar-refractivity contribution in [3.05, 3.63) is 48.2 Å². The van der Waals surface area contributed by atoms with Gasteiger partial charge in [-0.15, -0.1) is 0 Å². The first kappa shape index (κ1) is 22.5. The molecule has 1 atom stereocenters. The maximum absolute atomic E-state index is 5.98. The molecule has 0 aliphatic rings. The summed E-state index contributed by atoms with van der Waals surface area (Å²) in [5.74, 6) is 2.80. The van der Waals surface area contributed by atoms with Crippen LogP contribution in [0.5, 0.6) is 17.4 Å². The molecule has 1 heterocycles.